The van der Waals surface area contributed by atoms with Gasteiger partial charge in [-0.25, -0.2) is 0 Å². The van der Waals surface area contributed by atoms with E-state index in [0.717, 1.165) is 11.1 Å². The van der Waals surface area contributed by atoms with Gasteiger partial charge in [-0.05, 0) is 31.7 Å². The van der Waals surface area contributed by atoms with Crippen molar-refractivity contribution >= 4 is 6.72 Å². The minimum atomic E-state index is 1.10. The van der Waals surface area contributed by atoms with E-state index in [2.05, 4.69) is 18.3 Å². The van der Waals surface area contributed by atoms with Gasteiger partial charge in [0.15, 0.2) is 0 Å². The van der Waals surface area contributed by atoms with Crippen molar-refractivity contribution in [1.29, 1.82) is 0 Å². The Morgan fingerprint density at radius 3 is 2.50 bits per heavy atom. The van der Waals surface area contributed by atoms with Gasteiger partial charge in [-0.1, -0.05) is 30.9 Å². The number of hydrogen-bond acceptors (Lipinski definition) is 1. The van der Waals surface area contributed by atoms with E-state index in [1.807, 2.05) is 32.1 Å². The normalized spacial score (nSPS) is 13.5. The lowest BCUT2D eigenvalue weighted by molar-refractivity contribution is 1.36. The molecule has 0 saturated carbocycles. The number of rotatable bonds is 4. The van der Waals surface area contributed by atoms with Gasteiger partial charge in [0, 0.05) is 6.20 Å². The molecule has 0 amide bonds. The van der Waals surface area contributed by atoms with Crippen LogP contribution in [0.4, 0.5) is 0 Å². The monoisotopic (exact) mass is 161 g/mol. The molecule has 0 aromatic carbocycles. The molecule has 0 heterocycles. The van der Waals surface area contributed by atoms with Crippen LogP contribution < -0.4 is 0 Å². The maximum atomic E-state index is 3.70. The molecule has 0 aromatic rings. The Balaban J connectivity index is 4.57. The van der Waals surface area contributed by atoms with Gasteiger partial charge >= 0.3 is 0 Å². The molecule has 0 bridgehead atoms. The summed E-state index contributed by atoms with van der Waals surface area (Å²) >= 11 is 0. The molecule has 1 heteroatoms. The average molecular weight is 161 g/mol. The Labute approximate surface area is 74.5 Å². The van der Waals surface area contributed by atoms with Gasteiger partial charge < -0.3 is 0 Å². The van der Waals surface area contributed by atoms with Gasteiger partial charge in [0.05, 0.1) is 0 Å². The first-order valence-electron chi connectivity index (χ1n) is 3.84. The van der Waals surface area contributed by atoms with Crippen molar-refractivity contribution in [3.05, 3.63) is 48.2 Å². The fourth-order valence-corrected chi connectivity index (χ4v) is 0.839. The molecule has 0 aliphatic carbocycles. The summed E-state index contributed by atoms with van der Waals surface area (Å²) in [5.74, 6) is 0. The molecule has 0 unspecified atom stereocenters. The minimum Gasteiger partial charge on any atom is -0.272 e. The number of allylic oxidation sites excluding steroid dienone is 6. The standard InChI is InChI=1S/C11H15N/c1-5-7-8-11(6-2)10(3)9-12-4/h5-9H,1,4H2,2-3H3/b8-7-,10-9+,11-6+. The zero-order chi connectivity index (χ0) is 9.40. The Kier molecular flexibility index (Phi) is 5.62. The van der Waals surface area contributed by atoms with Gasteiger partial charge in [0.25, 0.3) is 0 Å². The van der Waals surface area contributed by atoms with E-state index < -0.39 is 0 Å². The molecule has 0 radical (unpaired) electrons. The first kappa shape index (κ1) is 10.6. The van der Waals surface area contributed by atoms with E-state index in [9.17, 15) is 0 Å². The molecular weight excluding hydrogens is 146 g/mol. The Hall–Kier alpha value is -1.37. The van der Waals surface area contributed by atoms with Crippen LogP contribution in [0.1, 0.15) is 13.8 Å². The van der Waals surface area contributed by atoms with Crippen LogP contribution >= 0.6 is 0 Å². The topological polar surface area (TPSA) is 12.4 Å². The van der Waals surface area contributed by atoms with Crippen LogP contribution in [0.25, 0.3) is 0 Å². The number of aliphatic imine (C=N–C) groups is 1. The van der Waals surface area contributed by atoms with Crippen LogP contribution in [-0.4, -0.2) is 6.72 Å². The average Bonchev–Trinajstić information content (AvgIpc) is 2.06. The van der Waals surface area contributed by atoms with Gasteiger partial charge in [-0.2, -0.15) is 0 Å². The Bertz CT molecular complexity index is 242. The Morgan fingerprint density at radius 2 is 2.08 bits per heavy atom. The van der Waals surface area contributed by atoms with Crippen LogP contribution in [-0.2, 0) is 0 Å². The fourth-order valence-electron chi connectivity index (χ4n) is 0.839. The van der Waals surface area contributed by atoms with Gasteiger partial charge in [0.2, 0.25) is 0 Å². The highest BCUT2D eigenvalue weighted by molar-refractivity contribution is 5.40. The molecule has 0 fully saturated rings. The summed E-state index contributed by atoms with van der Waals surface area (Å²) in [6.45, 7) is 11.0. The summed E-state index contributed by atoms with van der Waals surface area (Å²) in [7, 11) is 0. The molecule has 0 aliphatic rings. The van der Waals surface area contributed by atoms with Gasteiger partial charge in [0.1, 0.15) is 0 Å². The van der Waals surface area contributed by atoms with Crippen molar-refractivity contribution in [2.45, 2.75) is 13.8 Å². The van der Waals surface area contributed by atoms with Crippen LogP contribution in [0.3, 0.4) is 0 Å². The van der Waals surface area contributed by atoms with Crippen LogP contribution in [0.15, 0.2) is 53.2 Å². The number of nitrogens with zero attached hydrogens (tertiary/aromatic N) is 1. The lowest BCUT2D eigenvalue weighted by Gasteiger charge is -1.98. The number of hydrogen-bond donors (Lipinski definition) is 0. The maximum Gasteiger partial charge on any atom is 0.0295 e. The van der Waals surface area contributed by atoms with E-state index >= 15 is 0 Å². The molecule has 0 saturated heterocycles. The van der Waals surface area contributed by atoms with Crippen molar-refractivity contribution in [1.82, 2.24) is 0 Å². The second-order valence-electron chi connectivity index (χ2n) is 2.33. The molecular formula is C11H15N. The highest BCUT2D eigenvalue weighted by Gasteiger charge is 1.91. The molecule has 0 atom stereocenters. The van der Waals surface area contributed by atoms with Crippen LogP contribution in [0, 0.1) is 0 Å². The maximum absolute atomic E-state index is 3.70. The van der Waals surface area contributed by atoms with E-state index in [1.165, 1.54) is 0 Å². The third-order valence-electron chi connectivity index (χ3n) is 1.46. The van der Waals surface area contributed by atoms with E-state index in [1.54, 1.807) is 12.3 Å². The molecule has 64 valence electrons. The van der Waals surface area contributed by atoms with Crippen LogP contribution in [0.2, 0.25) is 0 Å². The predicted octanol–water partition coefficient (Wildman–Crippen LogP) is 3.28. The second kappa shape index (κ2) is 6.35. The summed E-state index contributed by atoms with van der Waals surface area (Å²) in [6.07, 6.45) is 9.40. The molecule has 12 heavy (non-hydrogen) atoms. The molecule has 0 aliphatic heterocycles. The highest BCUT2D eigenvalue weighted by Crippen LogP contribution is 2.10. The summed E-state index contributed by atoms with van der Waals surface area (Å²) in [5, 5.41) is 0. The molecule has 0 rings (SSSR count). The highest BCUT2D eigenvalue weighted by atomic mass is 14.6. The van der Waals surface area contributed by atoms with Gasteiger partial charge in [-0.3, -0.25) is 4.99 Å². The Morgan fingerprint density at radius 1 is 1.42 bits per heavy atom. The molecule has 0 aromatic heterocycles. The summed E-state index contributed by atoms with van der Waals surface area (Å²) < 4.78 is 0. The summed E-state index contributed by atoms with van der Waals surface area (Å²) in [4.78, 5) is 3.70. The summed E-state index contributed by atoms with van der Waals surface area (Å²) in [6, 6.07) is 0. The predicted molar refractivity (Wildman–Crippen MR) is 56.4 cm³/mol. The zero-order valence-electron chi connectivity index (χ0n) is 7.75. The SMILES string of the molecule is C=C\C=C/C(=C\C)C(/C)=C/N=C. The lowest BCUT2D eigenvalue weighted by Crippen LogP contribution is -1.79. The van der Waals surface area contributed by atoms with Crippen molar-refractivity contribution < 1.29 is 0 Å². The lowest BCUT2D eigenvalue weighted by atomic mass is 10.1. The third-order valence-corrected chi connectivity index (χ3v) is 1.46. The smallest absolute Gasteiger partial charge is 0.0295 e. The fraction of sp³-hybridized carbons (Fsp3) is 0.182. The van der Waals surface area contributed by atoms with Crippen molar-refractivity contribution in [3.63, 3.8) is 0 Å². The van der Waals surface area contributed by atoms with Crippen molar-refractivity contribution in [2.24, 2.45) is 4.99 Å². The van der Waals surface area contributed by atoms with Crippen molar-refractivity contribution in [2.75, 3.05) is 0 Å². The molecule has 0 spiro atoms. The first-order valence-corrected chi connectivity index (χ1v) is 3.84. The second-order valence-corrected chi connectivity index (χ2v) is 2.33. The first-order chi connectivity index (χ1) is 5.76. The minimum absolute atomic E-state index is 1.10. The van der Waals surface area contributed by atoms with E-state index in [4.69, 9.17) is 0 Å². The zero-order valence-corrected chi connectivity index (χ0v) is 7.75. The largest absolute Gasteiger partial charge is 0.272 e. The third kappa shape index (κ3) is 3.71. The van der Waals surface area contributed by atoms with Crippen LogP contribution in [0.5, 0.6) is 0 Å². The van der Waals surface area contributed by atoms with Crippen molar-refractivity contribution in [3.8, 4) is 0 Å². The van der Waals surface area contributed by atoms with E-state index in [-0.39, 0.29) is 0 Å². The van der Waals surface area contributed by atoms with Gasteiger partial charge in [-0.15, -0.1) is 0 Å². The quantitative estimate of drug-likeness (QED) is 0.443. The molecule has 1 nitrogen and oxygen atoms in total. The van der Waals surface area contributed by atoms with E-state index in [0.29, 0.717) is 0 Å². The summed E-state index contributed by atoms with van der Waals surface area (Å²) in [5.41, 5.74) is 2.24. The molecule has 0 N–H and O–H groups in total.